The monoisotopic (exact) mass is 252 g/mol. The van der Waals surface area contributed by atoms with Crippen molar-refractivity contribution in [2.75, 3.05) is 18.4 Å². The lowest BCUT2D eigenvalue weighted by molar-refractivity contribution is 0.455. The Kier molecular flexibility index (Phi) is 4.99. The van der Waals surface area contributed by atoms with Crippen LogP contribution in [0.5, 0.6) is 0 Å². The third-order valence-electron chi connectivity index (χ3n) is 3.31. The molecule has 1 aromatic rings. The molecular formula is C13H24N4O. The first-order valence-electron chi connectivity index (χ1n) is 7.01. The largest absolute Gasteiger partial charge is 0.407 e. The van der Waals surface area contributed by atoms with E-state index >= 15 is 0 Å². The molecule has 2 N–H and O–H groups in total. The Labute approximate surface area is 109 Å². The Balaban J connectivity index is 1.68. The Morgan fingerprint density at radius 2 is 2.06 bits per heavy atom. The number of aromatic nitrogens is 2. The molecule has 0 unspecified atom stereocenters. The van der Waals surface area contributed by atoms with Crippen molar-refractivity contribution >= 4 is 6.01 Å². The lowest BCUT2D eigenvalue weighted by Gasteiger charge is -2.07. The lowest BCUT2D eigenvalue weighted by atomic mass is 10.1. The summed E-state index contributed by atoms with van der Waals surface area (Å²) in [4.78, 5) is 0. The third-order valence-corrected chi connectivity index (χ3v) is 3.31. The highest BCUT2D eigenvalue weighted by Crippen LogP contribution is 2.24. The van der Waals surface area contributed by atoms with Gasteiger partial charge in [0.1, 0.15) is 0 Å². The molecule has 2 rings (SSSR count). The number of hydrogen-bond donors (Lipinski definition) is 2. The van der Waals surface area contributed by atoms with Crippen molar-refractivity contribution in [2.24, 2.45) is 11.8 Å². The first-order valence-corrected chi connectivity index (χ1v) is 7.01. The minimum atomic E-state index is 0.559. The topological polar surface area (TPSA) is 63.0 Å². The Hall–Kier alpha value is -1.10. The first-order chi connectivity index (χ1) is 8.74. The van der Waals surface area contributed by atoms with Crippen LogP contribution in [-0.2, 0) is 6.54 Å². The quantitative estimate of drug-likeness (QED) is 0.780. The van der Waals surface area contributed by atoms with E-state index in [0.717, 1.165) is 19.0 Å². The van der Waals surface area contributed by atoms with Crippen LogP contribution in [0.25, 0.3) is 0 Å². The average molecular weight is 252 g/mol. The summed E-state index contributed by atoms with van der Waals surface area (Å²) in [5, 5.41) is 14.5. The molecule has 5 nitrogen and oxygen atoms in total. The summed E-state index contributed by atoms with van der Waals surface area (Å²) >= 11 is 0. The van der Waals surface area contributed by atoms with Gasteiger partial charge >= 0.3 is 6.01 Å². The van der Waals surface area contributed by atoms with Gasteiger partial charge in [0.15, 0.2) is 0 Å². The van der Waals surface area contributed by atoms with Crippen LogP contribution in [0.3, 0.4) is 0 Å². The fourth-order valence-corrected chi connectivity index (χ4v) is 2.31. The summed E-state index contributed by atoms with van der Waals surface area (Å²) in [6.45, 7) is 6.93. The van der Waals surface area contributed by atoms with Gasteiger partial charge in [0, 0.05) is 6.54 Å². The van der Waals surface area contributed by atoms with Crippen molar-refractivity contribution in [3.63, 3.8) is 0 Å². The van der Waals surface area contributed by atoms with Crippen molar-refractivity contribution in [3.05, 3.63) is 5.89 Å². The summed E-state index contributed by atoms with van der Waals surface area (Å²) in [5.41, 5.74) is 0. The Morgan fingerprint density at radius 1 is 1.28 bits per heavy atom. The normalized spacial score (nSPS) is 16.6. The Bertz CT molecular complexity index is 345. The van der Waals surface area contributed by atoms with E-state index in [1.165, 1.54) is 25.7 Å². The van der Waals surface area contributed by atoms with E-state index in [9.17, 15) is 0 Å². The van der Waals surface area contributed by atoms with Gasteiger partial charge in [-0.25, -0.2) is 0 Å². The number of anilines is 1. The molecule has 0 amide bonds. The van der Waals surface area contributed by atoms with E-state index in [-0.39, 0.29) is 0 Å². The molecule has 1 heterocycles. The van der Waals surface area contributed by atoms with Gasteiger partial charge in [-0.05, 0) is 31.2 Å². The van der Waals surface area contributed by atoms with Crippen molar-refractivity contribution in [1.29, 1.82) is 0 Å². The smallest absolute Gasteiger partial charge is 0.315 e. The molecule has 5 heteroatoms. The van der Waals surface area contributed by atoms with Gasteiger partial charge in [0.05, 0.1) is 6.54 Å². The van der Waals surface area contributed by atoms with Crippen molar-refractivity contribution in [2.45, 2.75) is 46.1 Å². The Morgan fingerprint density at radius 3 is 2.78 bits per heavy atom. The highest BCUT2D eigenvalue weighted by Gasteiger charge is 2.15. The molecule has 0 radical (unpaired) electrons. The number of rotatable bonds is 7. The fraction of sp³-hybridized carbons (Fsp3) is 0.846. The highest BCUT2D eigenvalue weighted by atomic mass is 16.4. The number of hydrogen-bond acceptors (Lipinski definition) is 5. The second-order valence-electron chi connectivity index (χ2n) is 5.56. The number of nitrogens with zero attached hydrogens (tertiary/aromatic N) is 2. The maximum atomic E-state index is 5.53. The SMILES string of the molecule is CC(C)CNCc1nnc(NCC2CCCC2)o1. The predicted octanol–water partition coefficient (Wildman–Crippen LogP) is 2.42. The fourth-order valence-electron chi connectivity index (χ4n) is 2.31. The highest BCUT2D eigenvalue weighted by molar-refractivity contribution is 5.16. The minimum absolute atomic E-state index is 0.559. The van der Waals surface area contributed by atoms with E-state index in [4.69, 9.17) is 4.42 Å². The average Bonchev–Trinajstić information content (AvgIpc) is 2.96. The van der Waals surface area contributed by atoms with Gasteiger partial charge in [-0.2, -0.15) is 0 Å². The molecule has 0 bridgehead atoms. The van der Waals surface area contributed by atoms with E-state index in [0.29, 0.717) is 24.4 Å². The van der Waals surface area contributed by atoms with Crippen LogP contribution >= 0.6 is 0 Å². The number of nitrogens with one attached hydrogen (secondary N) is 2. The van der Waals surface area contributed by atoms with Gasteiger partial charge in [0.25, 0.3) is 0 Å². The molecule has 0 aromatic carbocycles. The molecule has 1 saturated carbocycles. The predicted molar refractivity (Wildman–Crippen MR) is 71.3 cm³/mol. The molecule has 1 aliphatic carbocycles. The zero-order chi connectivity index (χ0) is 12.8. The zero-order valence-electron chi connectivity index (χ0n) is 11.4. The van der Waals surface area contributed by atoms with Crippen molar-refractivity contribution in [3.8, 4) is 0 Å². The standard InChI is InChI=1S/C13H24N4O/c1-10(2)7-14-9-12-16-17-13(18-12)15-8-11-5-3-4-6-11/h10-11,14H,3-9H2,1-2H3,(H,15,17). The van der Waals surface area contributed by atoms with Crippen LogP contribution in [0, 0.1) is 11.8 Å². The molecule has 1 aliphatic rings. The van der Waals surface area contributed by atoms with Crippen LogP contribution in [0.4, 0.5) is 6.01 Å². The molecule has 0 spiro atoms. The van der Waals surface area contributed by atoms with Crippen LogP contribution in [-0.4, -0.2) is 23.3 Å². The summed E-state index contributed by atoms with van der Waals surface area (Å²) < 4.78 is 5.53. The maximum Gasteiger partial charge on any atom is 0.315 e. The van der Waals surface area contributed by atoms with Crippen molar-refractivity contribution < 1.29 is 4.42 Å². The first kappa shape index (κ1) is 13.3. The van der Waals surface area contributed by atoms with Crippen LogP contribution in [0.1, 0.15) is 45.4 Å². The van der Waals surface area contributed by atoms with E-state index in [2.05, 4.69) is 34.7 Å². The van der Waals surface area contributed by atoms with Crippen LogP contribution in [0.15, 0.2) is 4.42 Å². The molecule has 1 aromatic heterocycles. The van der Waals surface area contributed by atoms with E-state index in [1.54, 1.807) is 0 Å². The van der Waals surface area contributed by atoms with Crippen LogP contribution < -0.4 is 10.6 Å². The molecular weight excluding hydrogens is 228 g/mol. The lowest BCUT2D eigenvalue weighted by Crippen LogP contribution is -2.19. The molecule has 0 atom stereocenters. The molecule has 0 saturated heterocycles. The summed E-state index contributed by atoms with van der Waals surface area (Å²) in [6.07, 6.45) is 5.37. The van der Waals surface area contributed by atoms with Gasteiger partial charge < -0.3 is 15.1 Å². The third kappa shape index (κ3) is 4.29. The van der Waals surface area contributed by atoms with Gasteiger partial charge in [-0.1, -0.05) is 31.8 Å². The van der Waals surface area contributed by atoms with E-state index in [1.807, 2.05) is 0 Å². The second-order valence-corrected chi connectivity index (χ2v) is 5.56. The summed E-state index contributed by atoms with van der Waals surface area (Å²) in [7, 11) is 0. The maximum absolute atomic E-state index is 5.53. The summed E-state index contributed by atoms with van der Waals surface area (Å²) in [6, 6.07) is 0.559. The second kappa shape index (κ2) is 6.73. The van der Waals surface area contributed by atoms with Crippen LogP contribution in [0.2, 0.25) is 0 Å². The van der Waals surface area contributed by atoms with Gasteiger partial charge in [-0.15, -0.1) is 5.10 Å². The van der Waals surface area contributed by atoms with Gasteiger partial charge in [0.2, 0.25) is 5.89 Å². The van der Waals surface area contributed by atoms with Crippen molar-refractivity contribution in [1.82, 2.24) is 15.5 Å². The molecule has 102 valence electrons. The molecule has 1 fully saturated rings. The molecule has 18 heavy (non-hydrogen) atoms. The van der Waals surface area contributed by atoms with Gasteiger partial charge in [-0.3, -0.25) is 0 Å². The zero-order valence-corrected chi connectivity index (χ0v) is 11.4. The minimum Gasteiger partial charge on any atom is -0.407 e. The molecule has 0 aliphatic heterocycles. The van der Waals surface area contributed by atoms with E-state index < -0.39 is 0 Å². The summed E-state index contributed by atoms with van der Waals surface area (Å²) in [5.74, 6) is 2.07.